The highest BCUT2D eigenvalue weighted by Crippen LogP contribution is 2.04. The molecule has 112 valence electrons. The molecule has 0 radical (unpaired) electrons. The van der Waals surface area contributed by atoms with Crippen LogP contribution in [-0.2, 0) is 10.0 Å². The Morgan fingerprint density at radius 3 is 2.65 bits per heavy atom. The highest BCUT2D eigenvalue weighted by molar-refractivity contribution is 7.89. The van der Waals surface area contributed by atoms with Gasteiger partial charge in [0, 0.05) is 27.2 Å². The first kappa shape index (κ1) is 16.4. The zero-order valence-corrected chi connectivity index (χ0v) is 12.7. The summed E-state index contributed by atoms with van der Waals surface area (Å²) in [6.07, 6.45) is 0. The molecule has 1 aromatic heterocycles. The number of hydrogen-bond donors (Lipinski definition) is 2. The average molecular weight is 300 g/mol. The van der Waals surface area contributed by atoms with Gasteiger partial charge in [0.15, 0.2) is 0 Å². The summed E-state index contributed by atoms with van der Waals surface area (Å²) in [6.45, 7) is 2.69. The number of carbonyl (C=O) groups excluding carboxylic acids is 1. The maximum absolute atomic E-state index is 11.8. The summed E-state index contributed by atoms with van der Waals surface area (Å²) in [5, 5.41) is 5.55. The van der Waals surface area contributed by atoms with E-state index in [9.17, 15) is 13.2 Å². The molecule has 0 saturated carbocycles. The van der Waals surface area contributed by atoms with Crippen LogP contribution >= 0.6 is 0 Å². The maximum atomic E-state index is 11.8. The van der Waals surface area contributed by atoms with Gasteiger partial charge in [0.2, 0.25) is 10.0 Å². The van der Waals surface area contributed by atoms with E-state index in [4.69, 9.17) is 0 Å². The first-order chi connectivity index (χ1) is 9.36. The van der Waals surface area contributed by atoms with E-state index in [-0.39, 0.29) is 18.0 Å². The Bertz CT molecular complexity index is 558. The molecule has 0 fully saturated rings. The van der Waals surface area contributed by atoms with Crippen LogP contribution in [0.15, 0.2) is 18.2 Å². The minimum atomic E-state index is -3.31. The predicted molar refractivity (Wildman–Crippen MR) is 78.2 cm³/mol. The van der Waals surface area contributed by atoms with Crippen molar-refractivity contribution in [2.24, 2.45) is 0 Å². The minimum absolute atomic E-state index is 0.0481. The second-order valence-electron chi connectivity index (χ2n) is 4.29. The third-order valence-corrected chi connectivity index (χ3v) is 4.37. The first-order valence-corrected chi connectivity index (χ1v) is 7.87. The summed E-state index contributed by atoms with van der Waals surface area (Å²) in [5.74, 6) is 0.0818. The fraction of sp³-hybridized carbons (Fsp3) is 0.500. The molecule has 1 aromatic rings. The molecular formula is C12H20N4O3S. The van der Waals surface area contributed by atoms with E-state index in [2.05, 4.69) is 15.6 Å². The standard InChI is InChI=1S/C12H20N4O3S/c1-4-13-11-7-5-6-10(15-11)12(17)14-8-9-20(18,19)16(2)3/h5-7H,4,8-9H2,1-3H3,(H,13,15)(H,14,17). The molecule has 0 aliphatic carbocycles. The van der Waals surface area contributed by atoms with Crippen LogP contribution in [-0.4, -0.2) is 56.6 Å². The second-order valence-corrected chi connectivity index (χ2v) is 6.60. The van der Waals surface area contributed by atoms with Crippen LogP contribution in [0.4, 0.5) is 5.82 Å². The van der Waals surface area contributed by atoms with Gasteiger partial charge in [0.1, 0.15) is 11.5 Å². The quantitative estimate of drug-likeness (QED) is 0.747. The summed E-state index contributed by atoms with van der Waals surface area (Å²) in [4.78, 5) is 16.0. The fourth-order valence-corrected chi connectivity index (χ4v) is 2.13. The van der Waals surface area contributed by atoms with Crippen LogP contribution in [0.5, 0.6) is 0 Å². The zero-order valence-electron chi connectivity index (χ0n) is 11.9. The van der Waals surface area contributed by atoms with E-state index in [0.29, 0.717) is 12.4 Å². The number of sulfonamides is 1. The Labute approximate surface area is 119 Å². The number of hydrogen-bond acceptors (Lipinski definition) is 5. The van der Waals surface area contributed by atoms with Crippen LogP contribution in [0.25, 0.3) is 0 Å². The summed E-state index contributed by atoms with van der Waals surface area (Å²) in [7, 11) is -0.393. The molecule has 0 atom stereocenters. The van der Waals surface area contributed by atoms with Crippen molar-refractivity contribution < 1.29 is 13.2 Å². The molecule has 0 aliphatic rings. The van der Waals surface area contributed by atoms with Gasteiger partial charge in [-0.25, -0.2) is 17.7 Å². The lowest BCUT2D eigenvalue weighted by Crippen LogP contribution is -2.34. The van der Waals surface area contributed by atoms with Crippen molar-refractivity contribution in [3.63, 3.8) is 0 Å². The molecule has 0 aliphatic heterocycles. The first-order valence-electron chi connectivity index (χ1n) is 6.26. The zero-order chi connectivity index (χ0) is 15.2. The van der Waals surface area contributed by atoms with Crippen LogP contribution in [0, 0.1) is 0 Å². The van der Waals surface area contributed by atoms with Gasteiger partial charge in [0.05, 0.1) is 5.75 Å². The van der Waals surface area contributed by atoms with Gasteiger partial charge in [0.25, 0.3) is 5.91 Å². The number of anilines is 1. The molecule has 1 heterocycles. The van der Waals surface area contributed by atoms with Crippen LogP contribution in [0.1, 0.15) is 17.4 Å². The third-order valence-electron chi connectivity index (χ3n) is 2.54. The number of amides is 1. The number of carbonyl (C=O) groups is 1. The molecule has 1 amide bonds. The molecule has 7 nitrogen and oxygen atoms in total. The van der Waals surface area contributed by atoms with Gasteiger partial charge < -0.3 is 10.6 Å². The highest BCUT2D eigenvalue weighted by Gasteiger charge is 2.14. The second kappa shape index (κ2) is 7.20. The SMILES string of the molecule is CCNc1cccc(C(=O)NCCS(=O)(=O)N(C)C)n1. The van der Waals surface area contributed by atoms with Gasteiger partial charge >= 0.3 is 0 Å². The molecule has 20 heavy (non-hydrogen) atoms. The maximum Gasteiger partial charge on any atom is 0.269 e. The number of pyridine rings is 1. The lowest BCUT2D eigenvalue weighted by molar-refractivity contribution is 0.0951. The monoisotopic (exact) mass is 300 g/mol. The lowest BCUT2D eigenvalue weighted by atomic mass is 10.3. The average Bonchev–Trinajstić information content (AvgIpc) is 2.39. The summed E-state index contributed by atoms with van der Waals surface area (Å²) in [6, 6.07) is 5.06. The van der Waals surface area contributed by atoms with Gasteiger partial charge in [-0.3, -0.25) is 4.79 Å². The van der Waals surface area contributed by atoms with E-state index in [1.54, 1.807) is 18.2 Å². The van der Waals surface area contributed by atoms with Crippen molar-refractivity contribution in [3.8, 4) is 0 Å². The summed E-state index contributed by atoms with van der Waals surface area (Å²) < 4.78 is 24.2. The third kappa shape index (κ3) is 4.78. The Balaban J connectivity index is 2.57. The number of rotatable bonds is 7. The Morgan fingerprint density at radius 1 is 1.35 bits per heavy atom. The molecule has 1 rings (SSSR count). The Hall–Kier alpha value is -1.67. The van der Waals surface area contributed by atoms with Gasteiger partial charge in [-0.1, -0.05) is 6.07 Å². The smallest absolute Gasteiger partial charge is 0.269 e. The normalized spacial score (nSPS) is 11.4. The van der Waals surface area contributed by atoms with Crippen molar-refractivity contribution in [2.75, 3.05) is 38.3 Å². The predicted octanol–water partition coefficient (Wildman–Crippen LogP) is 0.135. The van der Waals surface area contributed by atoms with Crippen LogP contribution in [0.2, 0.25) is 0 Å². The topological polar surface area (TPSA) is 91.4 Å². The van der Waals surface area contributed by atoms with E-state index < -0.39 is 15.9 Å². The Kier molecular flexibility index (Phi) is 5.90. The molecule has 2 N–H and O–H groups in total. The van der Waals surface area contributed by atoms with Crippen molar-refractivity contribution in [1.82, 2.24) is 14.6 Å². The van der Waals surface area contributed by atoms with Gasteiger partial charge in [-0.2, -0.15) is 0 Å². The molecular weight excluding hydrogens is 280 g/mol. The molecule has 0 unspecified atom stereocenters. The largest absolute Gasteiger partial charge is 0.370 e. The van der Waals surface area contributed by atoms with Gasteiger partial charge in [-0.05, 0) is 19.1 Å². The minimum Gasteiger partial charge on any atom is -0.370 e. The summed E-state index contributed by atoms with van der Waals surface area (Å²) >= 11 is 0. The molecule has 0 bridgehead atoms. The van der Waals surface area contributed by atoms with Crippen molar-refractivity contribution in [3.05, 3.63) is 23.9 Å². The summed E-state index contributed by atoms with van der Waals surface area (Å²) in [5.41, 5.74) is 0.255. The Morgan fingerprint density at radius 2 is 2.05 bits per heavy atom. The van der Waals surface area contributed by atoms with E-state index >= 15 is 0 Å². The van der Waals surface area contributed by atoms with E-state index in [1.807, 2.05) is 6.92 Å². The molecule has 0 aromatic carbocycles. The van der Waals surface area contributed by atoms with E-state index in [0.717, 1.165) is 4.31 Å². The number of nitrogens with zero attached hydrogens (tertiary/aromatic N) is 2. The lowest BCUT2D eigenvalue weighted by Gasteiger charge is -2.11. The number of nitrogens with one attached hydrogen (secondary N) is 2. The van der Waals surface area contributed by atoms with Crippen molar-refractivity contribution >= 4 is 21.7 Å². The van der Waals surface area contributed by atoms with E-state index in [1.165, 1.54) is 14.1 Å². The van der Waals surface area contributed by atoms with Gasteiger partial charge in [-0.15, -0.1) is 0 Å². The number of aromatic nitrogens is 1. The van der Waals surface area contributed by atoms with Crippen LogP contribution < -0.4 is 10.6 Å². The van der Waals surface area contributed by atoms with Crippen molar-refractivity contribution in [1.29, 1.82) is 0 Å². The highest BCUT2D eigenvalue weighted by atomic mass is 32.2. The molecule has 8 heteroatoms. The molecule has 0 spiro atoms. The van der Waals surface area contributed by atoms with Crippen molar-refractivity contribution in [2.45, 2.75) is 6.92 Å². The molecule has 0 saturated heterocycles. The fourth-order valence-electron chi connectivity index (χ4n) is 1.41. The van der Waals surface area contributed by atoms with Crippen LogP contribution in [0.3, 0.4) is 0 Å².